The number of hydrogen-bond donors (Lipinski definition) is 1. The van der Waals surface area contributed by atoms with Gasteiger partial charge in [0.15, 0.2) is 0 Å². The van der Waals surface area contributed by atoms with Crippen LogP contribution in [-0.4, -0.2) is 44.2 Å². The minimum Gasteiger partial charge on any atom is -0.390 e. The number of imidazole rings is 1. The minimum absolute atomic E-state index is 0.0867. The molecule has 0 radical (unpaired) electrons. The number of likely N-dealkylation sites (tertiary alicyclic amines) is 1. The average Bonchev–Trinajstić information content (AvgIpc) is 2.82. The van der Waals surface area contributed by atoms with Crippen LogP contribution in [0.5, 0.6) is 0 Å². The van der Waals surface area contributed by atoms with Gasteiger partial charge in [-0.3, -0.25) is 4.79 Å². The summed E-state index contributed by atoms with van der Waals surface area (Å²) in [7, 11) is 0. The second-order valence-electron chi connectivity index (χ2n) is 5.74. The van der Waals surface area contributed by atoms with Crippen LogP contribution in [0.1, 0.15) is 19.8 Å². The number of fused-ring (bicyclic) bond motifs is 1. The summed E-state index contributed by atoms with van der Waals surface area (Å²) in [6.45, 7) is 3.39. The van der Waals surface area contributed by atoms with Crippen molar-refractivity contribution in [1.82, 2.24) is 14.5 Å². The Morgan fingerprint density at radius 2 is 2.05 bits per heavy atom. The van der Waals surface area contributed by atoms with Gasteiger partial charge in [-0.1, -0.05) is 12.1 Å². The summed E-state index contributed by atoms with van der Waals surface area (Å²) in [4.78, 5) is 18.4. The Kier molecular flexibility index (Phi) is 3.22. The van der Waals surface area contributed by atoms with Crippen molar-refractivity contribution in [3.8, 4) is 0 Å². The Hall–Kier alpha value is -1.88. The molecule has 5 heteroatoms. The van der Waals surface area contributed by atoms with Crippen molar-refractivity contribution in [3.05, 3.63) is 30.6 Å². The summed E-state index contributed by atoms with van der Waals surface area (Å²) in [5.41, 5.74) is 1.25. The molecular weight excluding hydrogens is 254 g/mol. The molecule has 1 N–H and O–H groups in total. The van der Waals surface area contributed by atoms with Gasteiger partial charge in [0.2, 0.25) is 5.91 Å². The van der Waals surface area contributed by atoms with E-state index in [2.05, 4.69) is 4.98 Å². The highest BCUT2D eigenvalue weighted by Gasteiger charge is 2.29. The van der Waals surface area contributed by atoms with Gasteiger partial charge >= 0.3 is 0 Å². The largest absolute Gasteiger partial charge is 0.390 e. The van der Waals surface area contributed by atoms with Crippen LogP contribution in [0, 0.1) is 0 Å². The van der Waals surface area contributed by atoms with Gasteiger partial charge in [0.25, 0.3) is 0 Å². The molecule has 5 nitrogen and oxygen atoms in total. The molecule has 3 rings (SSSR count). The van der Waals surface area contributed by atoms with E-state index in [4.69, 9.17) is 0 Å². The maximum atomic E-state index is 12.3. The summed E-state index contributed by atoms with van der Waals surface area (Å²) in [5.74, 6) is 0.0867. The van der Waals surface area contributed by atoms with Crippen molar-refractivity contribution in [3.63, 3.8) is 0 Å². The lowest BCUT2D eigenvalue weighted by Crippen LogP contribution is -2.46. The molecule has 1 aromatic heterocycles. The molecule has 1 aliphatic heterocycles. The number of piperidine rings is 1. The summed E-state index contributed by atoms with van der Waals surface area (Å²) in [6, 6.07) is 7.79. The Bertz CT molecular complexity index is 623. The predicted molar refractivity (Wildman–Crippen MR) is 76.2 cm³/mol. The highest BCUT2D eigenvalue weighted by atomic mass is 16.3. The van der Waals surface area contributed by atoms with Gasteiger partial charge in [-0.05, 0) is 31.9 Å². The van der Waals surface area contributed by atoms with Crippen LogP contribution < -0.4 is 0 Å². The second kappa shape index (κ2) is 4.90. The van der Waals surface area contributed by atoms with Crippen LogP contribution in [-0.2, 0) is 11.3 Å². The number of hydrogen-bond acceptors (Lipinski definition) is 3. The molecule has 1 aliphatic rings. The van der Waals surface area contributed by atoms with Gasteiger partial charge in [0.1, 0.15) is 6.54 Å². The molecule has 1 fully saturated rings. The van der Waals surface area contributed by atoms with Gasteiger partial charge in [-0.25, -0.2) is 4.98 Å². The van der Waals surface area contributed by atoms with Gasteiger partial charge in [-0.15, -0.1) is 0 Å². The molecule has 0 atom stereocenters. The third-order valence-corrected chi connectivity index (χ3v) is 4.03. The lowest BCUT2D eigenvalue weighted by Gasteiger charge is -2.35. The molecule has 0 bridgehead atoms. The first-order valence-electron chi connectivity index (χ1n) is 6.95. The van der Waals surface area contributed by atoms with Crippen LogP contribution in [0.4, 0.5) is 0 Å². The molecule has 0 unspecified atom stereocenters. The molecule has 1 aromatic carbocycles. The summed E-state index contributed by atoms with van der Waals surface area (Å²) in [5, 5.41) is 9.92. The van der Waals surface area contributed by atoms with E-state index in [1.54, 1.807) is 6.33 Å². The molecule has 2 heterocycles. The number of para-hydroxylation sites is 2. The zero-order valence-corrected chi connectivity index (χ0v) is 11.6. The van der Waals surface area contributed by atoms with Crippen LogP contribution >= 0.6 is 0 Å². The smallest absolute Gasteiger partial charge is 0.242 e. The number of carbonyl (C=O) groups excluding carboxylic acids is 1. The normalized spacial score (nSPS) is 18.4. The fourth-order valence-electron chi connectivity index (χ4n) is 2.62. The second-order valence-corrected chi connectivity index (χ2v) is 5.74. The van der Waals surface area contributed by atoms with Crippen molar-refractivity contribution in [1.29, 1.82) is 0 Å². The predicted octanol–water partition coefficient (Wildman–Crippen LogP) is 1.41. The summed E-state index contributed by atoms with van der Waals surface area (Å²) in [6.07, 6.45) is 3.00. The van der Waals surface area contributed by atoms with E-state index in [-0.39, 0.29) is 5.91 Å². The van der Waals surface area contributed by atoms with Crippen molar-refractivity contribution >= 4 is 16.9 Å². The van der Waals surface area contributed by atoms with E-state index in [1.165, 1.54) is 0 Å². The van der Waals surface area contributed by atoms with E-state index in [1.807, 2.05) is 40.7 Å². The zero-order chi connectivity index (χ0) is 14.2. The zero-order valence-electron chi connectivity index (χ0n) is 11.6. The van der Waals surface area contributed by atoms with E-state index in [0.29, 0.717) is 32.5 Å². The Labute approximate surface area is 117 Å². The standard InChI is InChI=1S/C15H19N3O2/c1-15(20)6-8-17(9-7-15)14(19)10-18-11-16-12-4-2-3-5-13(12)18/h2-5,11,20H,6-10H2,1H3. The van der Waals surface area contributed by atoms with Crippen LogP contribution in [0.3, 0.4) is 0 Å². The SMILES string of the molecule is CC1(O)CCN(C(=O)Cn2cnc3ccccc32)CC1. The first-order chi connectivity index (χ1) is 9.55. The van der Waals surface area contributed by atoms with Crippen molar-refractivity contribution < 1.29 is 9.90 Å². The topological polar surface area (TPSA) is 58.4 Å². The van der Waals surface area contributed by atoms with E-state index < -0.39 is 5.60 Å². The lowest BCUT2D eigenvalue weighted by molar-refractivity contribution is -0.135. The highest BCUT2D eigenvalue weighted by Crippen LogP contribution is 2.21. The molecule has 106 valence electrons. The molecule has 2 aromatic rings. The van der Waals surface area contributed by atoms with Crippen LogP contribution in [0.2, 0.25) is 0 Å². The fourth-order valence-corrected chi connectivity index (χ4v) is 2.62. The molecule has 1 amide bonds. The van der Waals surface area contributed by atoms with Crippen molar-refractivity contribution in [2.75, 3.05) is 13.1 Å². The van der Waals surface area contributed by atoms with Gasteiger partial charge in [0.05, 0.1) is 23.0 Å². The van der Waals surface area contributed by atoms with E-state index in [9.17, 15) is 9.90 Å². The number of aliphatic hydroxyl groups is 1. The molecule has 0 aliphatic carbocycles. The molecule has 20 heavy (non-hydrogen) atoms. The average molecular weight is 273 g/mol. The van der Waals surface area contributed by atoms with Gasteiger partial charge < -0.3 is 14.6 Å². The molecule has 1 saturated heterocycles. The molecule has 0 spiro atoms. The molecule has 0 saturated carbocycles. The Balaban J connectivity index is 1.70. The van der Waals surface area contributed by atoms with Crippen LogP contribution in [0.15, 0.2) is 30.6 Å². The first-order valence-corrected chi connectivity index (χ1v) is 6.95. The summed E-state index contributed by atoms with van der Waals surface area (Å²) < 4.78 is 1.88. The maximum Gasteiger partial charge on any atom is 0.242 e. The maximum absolute atomic E-state index is 12.3. The van der Waals surface area contributed by atoms with Crippen molar-refractivity contribution in [2.24, 2.45) is 0 Å². The quantitative estimate of drug-likeness (QED) is 0.900. The Morgan fingerprint density at radius 3 is 2.80 bits per heavy atom. The number of benzene rings is 1. The monoisotopic (exact) mass is 273 g/mol. The lowest BCUT2D eigenvalue weighted by atomic mass is 9.94. The Morgan fingerprint density at radius 1 is 1.35 bits per heavy atom. The third-order valence-electron chi connectivity index (χ3n) is 4.03. The van der Waals surface area contributed by atoms with Crippen LogP contribution in [0.25, 0.3) is 11.0 Å². The number of nitrogens with zero attached hydrogens (tertiary/aromatic N) is 3. The third kappa shape index (κ3) is 2.54. The number of aromatic nitrogens is 2. The minimum atomic E-state index is -0.627. The fraction of sp³-hybridized carbons (Fsp3) is 0.467. The number of rotatable bonds is 2. The summed E-state index contributed by atoms with van der Waals surface area (Å²) >= 11 is 0. The van der Waals surface area contributed by atoms with Gasteiger partial charge in [0, 0.05) is 13.1 Å². The number of carbonyl (C=O) groups is 1. The van der Waals surface area contributed by atoms with Crippen molar-refractivity contribution in [2.45, 2.75) is 31.9 Å². The van der Waals surface area contributed by atoms with Gasteiger partial charge in [-0.2, -0.15) is 0 Å². The first kappa shape index (κ1) is 13.1. The van der Waals surface area contributed by atoms with E-state index in [0.717, 1.165) is 11.0 Å². The molecular formula is C15H19N3O2. The number of amides is 1. The highest BCUT2D eigenvalue weighted by molar-refractivity contribution is 5.80. The van der Waals surface area contributed by atoms with E-state index >= 15 is 0 Å².